The van der Waals surface area contributed by atoms with Crippen molar-refractivity contribution in [2.75, 3.05) is 31.7 Å². The Morgan fingerprint density at radius 2 is 0.800 bits per heavy atom. The highest BCUT2D eigenvalue weighted by molar-refractivity contribution is 7.98. The summed E-state index contributed by atoms with van der Waals surface area (Å²) in [5, 5.41) is 31.9. The molecule has 0 saturated heterocycles. The van der Waals surface area contributed by atoms with Gasteiger partial charge >= 0.3 is 0 Å². The third kappa shape index (κ3) is 81.1. The molecule has 15 amide bonds. The Balaban J connectivity index is -0.000000160. The smallest absolute Gasteiger partial charge is 0.222 e. The van der Waals surface area contributed by atoms with Crippen LogP contribution in [0, 0.1) is 88.8 Å². The van der Waals surface area contributed by atoms with E-state index in [9.17, 15) is 71.9 Å². The van der Waals surface area contributed by atoms with Crippen LogP contribution in [0.15, 0.2) is 85.1 Å². The number of hydrogen-bond acceptors (Lipinski definition) is 19. The highest BCUT2D eigenvalue weighted by atomic mass is 32.2. The predicted octanol–water partition coefficient (Wildman–Crippen LogP) is 4.87. The van der Waals surface area contributed by atoms with Crippen LogP contribution < -0.4 is 85.2 Å². The molecule has 1 heterocycles. The minimum Gasteiger partial charge on any atom is -0.508 e. The maximum atomic E-state index is 11.0. The molecule has 120 heavy (non-hydrogen) atoms. The van der Waals surface area contributed by atoms with E-state index in [0.717, 1.165) is 53.6 Å². The lowest BCUT2D eigenvalue weighted by Gasteiger charge is -2.13. The molecule has 0 bridgehead atoms. The number of hydrogen-bond donors (Lipinski definition) is 19. The summed E-state index contributed by atoms with van der Waals surface area (Å²) >= 11 is 1.74. The molecule has 0 radical (unpaired) electrons. The maximum absolute atomic E-state index is 11.0. The average molecular weight is 1720 g/mol. The molecule has 0 aliphatic rings. The molecule has 0 aliphatic carbocycles. The van der Waals surface area contributed by atoms with Crippen LogP contribution in [0.5, 0.6) is 5.75 Å². The van der Waals surface area contributed by atoms with Crippen LogP contribution in [0.4, 0.5) is 0 Å². The first-order valence-electron chi connectivity index (χ1n) is 39.6. The number of aromatic nitrogens is 1. The molecule has 34 nitrogen and oxygen atoms in total. The van der Waals surface area contributed by atoms with Crippen LogP contribution in [-0.2, 0) is 91.2 Å². The van der Waals surface area contributed by atoms with Crippen LogP contribution in [-0.4, -0.2) is 148 Å². The Morgan fingerprint density at radius 3 is 1.07 bits per heavy atom. The standard InChI is InChI=1S/C12H14N2O.C10H13NO2.C10H13NO.2C7H15NO.C6H12N2O2.C6H13NOS.C6H13NO.C5H10N2O2.C5H11NO2.C4H9NO2.C4H9NO.C3H7NO/c1-8(12(13)15)6-9-7-14-11-5-3-2-4-10(9)11;1-7(10(11)13)6-8-2-4-9(12)5-3-8;1-8(10(11)12)7-9-5-3-2-4-6-9;1-5(2)4-6(3)7(8)9;1-4-5(2)6(3)7(8)9;1-5(6(7)10)2-3-8-4-9;1-5(6(7)8)3-4-9-2;1-4(2)5(3)6(7)8;1-4(5(6)9)2-7-3-8;1-3(4(2)7)5(6)8;1-3(2-6)4(5)7;1-3(2)4(5)6;1-2-3(4)5/h2-5,7-8,14H,6H2,1H3,(H2,13,15);2-5,7,12H,6H2,1H3,(H2,11,13);2-6,8H,7H2,1H3,(H2,11,12);2*5-6H,4H2,1-3H3,(H2,8,9);4-5H,2-3H2,1H3,(H2,7,10)(H,8,9);5H,3-4H2,1-2H3,(H2,7,8);4-5H,1-3H3,(H2,7,8);3-4H,2H2,1H3,(H2,6,9)(H,7,8);3-4,7H,1-2H3,(H2,6,8);3,6H,2H2,1H3,(H2,5,7);3H,1-2H3,(H2,5,6);2H2,1H3,(H2,4,5). The number of phenols is 1. The molecule has 0 saturated carbocycles. The average Bonchev–Trinajstić information content (AvgIpc) is 1.69. The number of rotatable bonds is 36. The van der Waals surface area contributed by atoms with Crippen LogP contribution in [0.1, 0.15) is 194 Å². The normalized spacial score (nSPS) is 13.0. The van der Waals surface area contributed by atoms with E-state index in [2.05, 4.69) is 48.2 Å². The molecule has 0 spiro atoms. The van der Waals surface area contributed by atoms with Crippen LogP contribution in [0.25, 0.3) is 10.9 Å². The Kier molecular flexibility index (Phi) is 83.0. The molecule has 688 valence electrons. The summed E-state index contributed by atoms with van der Waals surface area (Å²) in [6.45, 7) is 39.1. The molecule has 0 fully saturated rings. The number of amides is 15. The van der Waals surface area contributed by atoms with Gasteiger partial charge in [0.05, 0.1) is 30.5 Å². The summed E-state index contributed by atoms with van der Waals surface area (Å²) in [5.74, 6) is -2.64. The van der Waals surface area contributed by atoms with Gasteiger partial charge in [0.15, 0.2) is 0 Å². The number of aliphatic hydroxyl groups is 2. The zero-order valence-corrected chi connectivity index (χ0v) is 76.2. The van der Waals surface area contributed by atoms with Crippen molar-refractivity contribution in [2.45, 2.75) is 203 Å². The van der Waals surface area contributed by atoms with E-state index < -0.39 is 35.7 Å². The second-order valence-electron chi connectivity index (χ2n) is 29.9. The van der Waals surface area contributed by atoms with E-state index in [4.69, 9.17) is 84.1 Å². The summed E-state index contributed by atoms with van der Waals surface area (Å²) in [6, 6.07) is 24.7. The van der Waals surface area contributed by atoms with Gasteiger partial charge in [-0.25, -0.2) is 0 Å². The van der Waals surface area contributed by atoms with Gasteiger partial charge in [0.1, 0.15) is 5.75 Å². The lowest BCUT2D eigenvalue weighted by molar-refractivity contribution is -0.124. The molecule has 3 aromatic carbocycles. The third-order valence-electron chi connectivity index (χ3n) is 17.6. The van der Waals surface area contributed by atoms with E-state index >= 15 is 0 Å². The second-order valence-corrected chi connectivity index (χ2v) is 30.8. The fourth-order valence-corrected chi connectivity index (χ4v) is 7.85. The Labute approximate surface area is 717 Å². The van der Waals surface area contributed by atoms with Gasteiger partial charge < -0.3 is 105 Å². The minimum atomic E-state index is -0.632. The number of aliphatic hydroxyl groups excluding tert-OH is 2. The van der Waals surface area contributed by atoms with Crippen molar-refractivity contribution in [3.05, 3.63) is 102 Å². The molecule has 0 aliphatic heterocycles. The molecule has 13 atom stereocenters. The predicted molar refractivity (Wildman–Crippen MR) is 478 cm³/mol. The highest BCUT2D eigenvalue weighted by Gasteiger charge is 2.18. The van der Waals surface area contributed by atoms with Gasteiger partial charge in [0.2, 0.25) is 89.6 Å². The largest absolute Gasteiger partial charge is 0.508 e. The number of primary amides is 13. The van der Waals surface area contributed by atoms with E-state index in [1.165, 1.54) is 12.3 Å². The first-order valence-corrected chi connectivity index (χ1v) is 41.0. The number of aromatic amines is 1. The number of phenolic OH excluding ortho intramolecular Hbond substituents is 1. The monoisotopic (exact) mass is 1720 g/mol. The number of aromatic hydroxyl groups is 1. The van der Waals surface area contributed by atoms with Crippen molar-refractivity contribution in [2.24, 2.45) is 163 Å². The number of carbonyl (C=O) groups is 15. The van der Waals surface area contributed by atoms with Crippen molar-refractivity contribution in [3.8, 4) is 5.75 Å². The molecule has 35 heteroatoms. The van der Waals surface area contributed by atoms with Gasteiger partial charge in [-0.15, -0.1) is 0 Å². The van der Waals surface area contributed by atoms with Crippen molar-refractivity contribution >= 4 is 112 Å². The highest BCUT2D eigenvalue weighted by Crippen LogP contribution is 2.21. The minimum absolute atomic E-state index is 0.00926. The first-order chi connectivity index (χ1) is 55.3. The number of fused-ring (bicyclic) bond motifs is 1. The van der Waals surface area contributed by atoms with Gasteiger partial charge in [-0.2, -0.15) is 11.8 Å². The molecule has 4 rings (SSSR count). The van der Waals surface area contributed by atoms with Crippen molar-refractivity contribution in [3.63, 3.8) is 0 Å². The van der Waals surface area contributed by atoms with Gasteiger partial charge in [0, 0.05) is 89.9 Å². The molecule has 13 unspecified atom stereocenters. The summed E-state index contributed by atoms with van der Waals surface area (Å²) < 4.78 is 0. The number of H-pyrrole nitrogens is 1. The molecule has 4 aromatic rings. The van der Waals surface area contributed by atoms with Crippen LogP contribution in [0.3, 0.4) is 0 Å². The second kappa shape index (κ2) is 78.2. The topological polar surface area (TPSA) is 695 Å². The number of carbonyl (C=O) groups excluding carboxylic acids is 15. The number of thioether (sulfide) groups is 1. The van der Waals surface area contributed by atoms with E-state index in [1.807, 2.05) is 123 Å². The first kappa shape index (κ1) is 127. The van der Waals surface area contributed by atoms with E-state index in [1.54, 1.807) is 91.4 Å². The van der Waals surface area contributed by atoms with Crippen LogP contribution in [0.2, 0.25) is 0 Å². The Bertz CT molecular complexity index is 3450. The number of para-hydroxylation sites is 1. The van der Waals surface area contributed by atoms with Crippen molar-refractivity contribution < 1.29 is 87.2 Å². The maximum Gasteiger partial charge on any atom is 0.222 e. The Morgan fingerprint density at radius 1 is 0.433 bits per heavy atom. The van der Waals surface area contributed by atoms with Gasteiger partial charge in [-0.1, -0.05) is 206 Å². The lowest BCUT2D eigenvalue weighted by Crippen LogP contribution is -2.30. The van der Waals surface area contributed by atoms with Gasteiger partial charge in [-0.05, 0) is 110 Å². The van der Waals surface area contributed by atoms with Gasteiger partial charge in [0.25, 0.3) is 0 Å². The zero-order valence-electron chi connectivity index (χ0n) is 75.3. The van der Waals surface area contributed by atoms with E-state index in [-0.39, 0.29) is 131 Å². The molecule has 1 aromatic heterocycles. The summed E-state index contributed by atoms with van der Waals surface area (Å²) in [7, 11) is 0. The quantitative estimate of drug-likeness (QED) is 0.0213. The SMILES string of the molecule is CC(C)C(C)C(N)=O.CC(C)C(N)=O.CC(C)CC(C)C(N)=O.CC(CCNC=O)C(N)=O.CC(CNC=O)C(N)=O.CC(CO)C(N)=O.CC(Cc1c[nH]c2ccccc12)C(N)=O.CC(Cc1ccc(O)cc1)C(N)=O.CC(Cc1ccccc1)C(N)=O.CC(O)C(C)C(N)=O.CCC(C)C(C)C(N)=O.CCC(N)=O.CSCCC(C)C(N)=O. The van der Waals surface area contributed by atoms with Crippen LogP contribution >= 0.6 is 11.8 Å². The number of benzene rings is 3. The van der Waals surface area contributed by atoms with Crippen molar-refractivity contribution in [1.82, 2.24) is 15.6 Å². The lowest BCUT2D eigenvalue weighted by atomic mass is 9.93. The van der Waals surface area contributed by atoms with Gasteiger partial charge in [-0.3, -0.25) is 71.9 Å². The fraction of sp³-hybridized carbons (Fsp3) is 0.588. The summed E-state index contributed by atoms with van der Waals surface area (Å²) in [5.41, 5.74) is 69.0. The summed E-state index contributed by atoms with van der Waals surface area (Å²) in [4.78, 5) is 157. The fourth-order valence-electron chi connectivity index (χ4n) is 7.26. The third-order valence-corrected chi connectivity index (χ3v) is 18.2. The Hall–Kier alpha value is -10.7. The summed E-state index contributed by atoms with van der Waals surface area (Å²) in [6.07, 6.45) is 10.4. The van der Waals surface area contributed by atoms with E-state index in [0.29, 0.717) is 69.3 Å². The van der Waals surface area contributed by atoms with Crippen molar-refractivity contribution in [1.29, 1.82) is 0 Å². The molecule has 32 N–H and O–H groups in total. The number of nitrogens with two attached hydrogens (primary N) is 13. The molecular weight excluding hydrogens is 1570 g/mol. The zero-order chi connectivity index (χ0) is 95.8. The molecular formula is C85H154N16O18S. The number of nitrogens with one attached hydrogen (secondary N) is 3.